The summed E-state index contributed by atoms with van der Waals surface area (Å²) < 4.78 is 23.6. The number of amides is 2. The van der Waals surface area contributed by atoms with Gasteiger partial charge in [0.15, 0.2) is 9.84 Å². The van der Waals surface area contributed by atoms with Crippen LogP contribution in [0.5, 0.6) is 0 Å². The number of thiocarbonyl (C=S) groups is 1. The smallest absolute Gasteiger partial charge is 0.266 e. The first-order valence-electron chi connectivity index (χ1n) is 8.70. The number of hydrogen-bond donors (Lipinski definition) is 0. The van der Waals surface area contributed by atoms with Gasteiger partial charge in [-0.05, 0) is 18.1 Å². The number of thioether (sulfide) groups is 1. The molecule has 0 radical (unpaired) electrons. The van der Waals surface area contributed by atoms with Crippen LogP contribution in [-0.4, -0.2) is 65.5 Å². The zero-order valence-electron chi connectivity index (χ0n) is 15.3. The third-order valence-corrected chi connectivity index (χ3v) is 7.80. The molecule has 0 spiro atoms. The number of benzene rings is 1. The number of carbonyl (C=O) groups is 2. The molecular formula is C19H20N2O4S3. The van der Waals surface area contributed by atoms with Crippen LogP contribution in [0.15, 0.2) is 47.4 Å². The van der Waals surface area contributed by atoms with Crippen molar-refractivity contribution in [3.63, 3.8) is 0 Å². The van der Waals surface area contributed by atoms with Crippen molar-refractivity contribution >= 4 is 56.0 Å². The standard InChI is InChI=1S/C19H20N2O4S3/c1-20(15-10-11-28(24,25)13-15)17(22)12-21-18(23)16(27-19(21)26)9-5-8-14-6-3-2-4-7-14/h2-9,15H,10-13H2,1H3/b8-5+,16-9-. The van der Waals surface area contributed by atoms with E-state index in [1.54, 1.807) is 19.2 Å². The maximum atomic E-state index is 12.6. The Kier molecular flexibility index (Phi) is 6.36. The van der Waals surface area contributed by atoms with Gasteiger partial charge in [0.1, 0.15) is 10.9 Å². The van der Waals surface area contributed by atoms with Crippen molar-refractivity contribution in [3.05, 3.63) is 53.0 Å². The van der Waals surface area contributed by atoms with Gasteiger partial charge in [-0.25, -0.2) is 8.42 Å². The third-order valence-electron chi connectivity index (χ3n) is 4.65. The van der Waals surface area contributed by atoms with E-state index in [1.165, 1.54) is 9.80 Å². The molecule has 1 atom stereocenters. The lowest BCUT2D eigenvalue weighted by molar-refractivity contribution is -0.135. The highest BCUT2D eigenvalue weighted by atomic mass is 32.2. The molecule has 0 saturated carbocycles. The van der Waals surface area contributed by atoms with Crippen LogP contribution >= 0.6 is 24.0 Å². The molecule has 2 fully saturated rings. The van der Waals surface area contributed by atoms with Crippen LogP contribution in [0.1, 0.15) is 12.0 Å². The normalized spacial score (nSPS) is 23.1. The minimum atomic E-state index is -3.09. The number of sulfone groups is 1. The lowest BCUT2D eigenvalue weighted by Gasteiger charge is -2.25. The first kappa shape index (κ1) is 20.8. The van der Waals surface area contributed by atoms with E-state index in [0.29, 0.717) is 15.6 Å². The number of likely N-dealkylation sites (N-methyl/N-ethyl adjacent to an activating group) is 1. The van der Waals surface area contributed by atoms with Crippen molar-refractivity contribution in [1.82, 2.24) is 9.80 Å². The van der Waals surface area contributed by atoms with Crippen molar-refractivity contribution in [2.45, 2.75) is 12.5 Å². The molecule has 1 aromatic carbocycles. The van der Waals surface area contributed by atoms with E-state index in [4.69, 9.17) is 12.2 Å². The number of rotatable bonds is 5. The van der Waals surface area contributed by atoms with Crippen molar-refractivity contribution in [3.8, 4) is 0 Å². The van der Waals surface area contributed by atoms with Gasteiger partial charge in [0.2, 0.25) is 5.91 Å². The molecule has 28 heavy (non-hydrogen) atoms. The quantitative estimate of drug-likeness (QED) is 0.520. The van der Waals surface area contributed by atoms with Crippen LogP contribution in [0, 0.1) is 0 Å². The number of hydrogen-bond acceptors (Lipinski definition) is 6. The van der Waals surface area contributed by atoms with Crippen LogP contribution in [0.25, 0.3) is 6.08 Å². The Balaban J connectivity index is 1.62. The Hall–Kier alpha value is -1.97. The fraction of sp³-hybridized carbons (Fsp3) is 0.316. The maximum absolute atomic E-state index is 12.6. The molecule has 1 unspecified atom stereocenters. The van der Waals surface area contributed by atoms with E-state index in [9.17, 15) is 18.0 Å². The Morgan fingerprint density at radius 3 is 2.71 bits per heavy atom. The number of carbonyl (C=O) groups excluding carboxylic acids is 2. The van der Waals surface area contributed by atoms with Crippen LogP contribution in [0.4, 0.5) is 0 Å². The highest BCUT2D eigenvalue weighted by Gasteiger charge is 2.37. The molecule has 2 aliphatic rings. The molecule has 0 bridgehead atoms. The highest BCUT2D eigenvalue weighted by molar-refractivity contribution is 8.26. The zero-order chi connectivity index (χ0) is 20.3. The van der Waals surface area contributed by atoms with Gasteiger partial charge < -0.3 is 4.90 Å². The van der Waals surface area contributed by atoms with Crippen molar-refractivity contribution in [2.24, 2.45) is 0 Å². The molecule has 9 heteroatoms. The largest absolute Gasteiger partial charge is 0.340 e. The van der Waals surface area contributed by atoms with E-state index < -0.39 is 9.84 Å². The van der Waals surface area contributed by atoms with Crippen LogP contribution in [0.2, 0.25) is 0 Å². The molecule has 2 saturated heterocycles. The summed E-state index contributed by atoms with van der Waals surface area (Å²) in [5.74, 6) is -0.571. The summed E-state index contributed by atoms with van der Waals surface area (Å²) in [4.78, 5) is 28.3. The van der Waals surface area contributed by atoms with E-state index in [1.807, 2.05) is 36.4 Å². The predicted molar refractivity (Wildman–Crippen MR) is 115 cm³/mol. The van der Waals surface area contributed by atoms with E-state index in [2.05, 4.69) is 0 Å². The summed E-state index contributed by atoms with van der Waals surface area (Å²) in [6.07, 6.45) is 5.77. The van der Waals surface area contributed by atoms with Gasteiger partial charge >= 0.3 is 0 Å². The van der Waals surface area contributed by atoms with E-state index >= 15 is 0 Å². The van der Waals surface area contributed by atoms with E-state index in [0.717, 1.165) is 17.3 Å². The Labute approximate surface area is 174 Å². The Morgan fingerprint density at radius 1 is 1.36 bits per heavy atom. The van der Waals surface area contributed by atoms with Gasteiger partial charge in [0.05, 0.1) is 16.4 Å². The second kappa shape index (κ2) is 8.59. The number of allylic oxidation sites excluding steroid dienone is 2. The summed E-state index contributed by atoms with van der Waals surface area (Å²) in [6.45, 7) is -0.183. The molecule has 6 nitrogen and oxygen atoms in total. The maximum Gasteiger partial charge on any atom is 0.266 e. The Bertz CT molecular complexity index is 955. The van der Waals surface area contributed by atoms with Crippen LogP contribution < -0.4 is 0 Å². The molecule has 0 aliphatic carbocycles. The van der Waals surface area contributed by atoms with Crippen molar-refractivity contribution in [1.29, 1.82) is 0 Å². The summed E-state index contributed by atoms with van der Waals surface area (Å²) in [7, 11) is -1.51. The molecular weight excluding hydrogens is 416 g/mol. The first-order chi connectivity index (χ1) is 13.3. The van der Waals surface area contributed by atoms with Crippen LogP contribution in [0.3, 0.4) is 0 Å². The van der Waals surface area contributed by atoms with Gasteiger partial charge in [0, 0.05) is 13.1 Å². The second-order valence-electron chi connectivity index (χ2n) is 6.62. The van der Waals surface area contributed by atoms with E-state index in [-0.39, 0.29) is 35.9 Å². The van der Waals surface area contributed by atoms with Gasteiger partial charge in [-0.2, -0.15) is 0 Å². The topological polar surface area (TPSA) is 74.8 Å². The average Bonchev–Trinajstić information content (AvgIpc) is 3.15. The van der Waals surface area contributed by atoms with Gasteiger partial charge in [0.25, 0.3) is 5.91 Å². The molecule has 1 aromatic rings. The fourth-order valence-electron chi connectivity index (χ4n) is 2.99. The SMILES string of the molecule is CN(C(=O)CN1C(=O)/C(=C/C=C/c2ccccc2)SC1=S)C1CCS(=O)(=O)C1. The fourth-order valence-corrected chi connectivity index (χ4v) is 5.97. The summed E-state index contributed by atoms with van der Waals surface area (Å²) in [6, 6.07) is 9.34. The van der Waals surface area contributed by atoms with Gasteiger partial charge in [-0.15, -0.1) is 0 Å². The lowest BCUT2D eigenvalue weighted by atomic mass is 10.2. The monoisotopic (exact) mass is 436 g/mol. The second-order valence-corrected chi connectivity index (χ2v) is 10.5. The summed E-state index contributed by atoms with van der Waals surface area (Å²) in [5, 5.41) is 0. The lowest BCUT2D eigenvalue weighted by Crippen LogP contribution is -2.45. The van der Waals surface area contributed by atoms with Gasteiger partial charge in [-0.1, -0.05) is 66.5 Å². The molecule has 0 N–H and O–H groups in total. The predicted octanol–water partition coefficient (Wildman–Crippen LogP) is 2.09. The highest BCUT2D eigenvalue weighted by Crippen LogP contribution is 2.31. The molecule has 2 heterocycles. The minimum Gasteiger partial charge on any atom is -0.340 e. The Morgan fingerprint density at radius 2 is 2.07 bits per heavy atom. The number of nitrogens with zero attached hydrogens (tertiary/aromatic N) is 2. The molecule has 3 rings (SSSR count). The summed E-state index contributed by atoms with van der Waals surface area (Å²) in [5.41, 5.74) is 1.01. The average molecular weight is 437 g/mol. The van der Waals surface area contributed by atoms with Crippen LogP contribution in [-0.2, 0) is 19.4 Å². The third kappa shape index (κ3) is 4.89. The molecule has 148 valence electrons. The first-order valence-corrected chi connectivity index (χ1v) is 11.7. The summed E-state index contributed by atoms with van der Waals surface area (Å²) >= 11 is 6.40. The molecule has 0 aromatic heterocycles. The molecule has 2 aliphatic heterocycles. The minimum absolute atomic E-state index is 0.0299. The molecule has 2 amide bonds. The zero-order valence-corrected chi connectivity index (χ0v) is 17.7. The van der Waals surface area contributed by atoms with Crippen molar-refractivity contribution < 1.29 is 18.0 Å². The van der Waals surface area contributed by atoms with Gasteiger partial charge in [-0.3, -0.25) is 14.5 Å². The van der Waals surface area contributed by atoms with Crippen molar-refractivity contribution in [2.75, 3.05) is 25.1 Å².